The van der Waals surface area contributed by atoms with E-state index in [-0.39, 0.29) is 12.4 Å². The maximum atomic E-state index is 12.1. The minimum Gasteiger partial charge on any atom is -0.355 e. The van der Waals surface area contributed by atoms with Crippen LogP contribution in [-0.4, -0.2) is 47.9 Å². The summed E-state index contributed by atoms with van der Waals surface area (Å²) in [6, 6.07) is 53.3. The molecule has 6 nitrogen and oxygen atoms in total. The standard InChI is InChI=1S/C25H23N3O.C21H14ClNO.ClH/c29-18-23-22-8-4-5-9-24(22)28(25(23)27-16-14-26-15-17-27)21-12-10-20(11-13-21)19-6-2-1-3-7-19;22-21-19(14-24)18-8-4-5-9-20(18)23(21)17-12-10-16(11-13-17)15-6-2-1-3-7-15;/h1-13,18,26H,14-17H2;1-14H;1H. The fraction of sp³-hybridized carbons (Fsp3) is 0.0870. The number of halogens is 2. The molecule has 0 spiro atoms. The van der Waals surface area contributed by atoms with E-state index in [1.807, 2.05) is 83.4 Å². The van der Waals surface area contributed by atoms with Crippen molar-refractivity contribution in [2.24, 2.45) is 0 Å². The Bertz CT molecular complexity index is 2520. The lowest BCUT2D eigenvalue weighted by atomic mass is 10.1. The Hall–Kier alpha value is -5.92. The number of aldehydes is 2. The third-order valence-corrected chi connectivity index (χ3v) is 10.2. The van der Waals surface area contributed by atoms with E-state index in [4.69, 9.17) is 11.6 Å². The molecule has 0 atom stereocenters. The average Bonchev–Trinajstić information content (AvgIpc) is 3.73. The molecule has 268 valence electrons. The van der Waals surface area contributed by atoms with Gasteiger partial charge in [0.1, 0.15) is 11.0 Å². The zero-order chi connectivity index (χ0) is 36.1. The summed E-state index contributed by atoms with van der Waals surface area (Å²) in [4.78, 5) is 25.9. The predicted octanol–water partition coefficient (Wildman–Crippen LogP) is 10.7. The highest BCUT2D eigenvalue weighted by Gasteiger charge is 2.24. The zero-order valence-corrected chi connectivity index (χ0v) is 31.0. The van der Waals surface area contributed by atoms with Crippen molar-refractivity contribution in [3.63, 3.8) is 0 Å². The lowest BCUT2D eigenvalue weighted by molar-refractivity contribution is 0.111. The van der Waals surface area contributed by atoms with Crippen molar-refractivity contribution < 1.29 is 9.59 Å². The molecular formula is C46H38Cl2N4O2. The van der Waals surface area contributed by atoms with E-state index in [1.54, 1.807) is 0 Å². The molecule has 0 saturated carbocycles. The van der Waals surface area contributed by atoms with Crippen molar-refractivity contribution in [3.8, 4) is 33.6 Å². The largest absolute Gasteiger partial charge is 0.355 e. The number of carbonyl (C=O) groups is 2. The highest BCUT2D eigenvalue weighted by atomic mass is 35.5. The number of rotatable bonds is 7. The quantitative estimate of drug-likeness (QED) is 0.165. The second-order valence-electron chi connectivity index (χ2n) is 12.9. The van der Waals surface area contributed by atoms with Gasteiger partial charge in [0.05, 0.1) is 22.2 Å². The normalized spacial score (nSPS) is 12.5. The summed E-state index contributed by atoms with van der Waals surface area (Å²) in [5.41, 5.74) is 9.99. The summed E-state index contributed by atoms with van der Waals surface area (Å²) >= 11 is 6.48. The van der Waals surface area contributed by atoms with Crippen LogP contribution in [0.25, 0.3) is 55.4 Å². The van der Waals surface area contributed by atoms with E-state index < -0.39 is 0 Å². The highest BCUT2D eigenvalue weighted by molar-refractivity contribution is 6.34. The van der Waals surface area contributed by atoms with Crippen molar-refractivity contribution in [2.45, 2.75) is 0 Å². The molecule has 8 aromatic rings. The molecule has 6 aromatic carbocycles. The van der Waals surface area contributed by atoms with E-state index in [9.17, 15) is 9.59 Å². The molecule has 0 amide bonds. The summed E-state index contributed by atoms with van der Waals surface area (Å²) in [6.45, 7) is 3.62. The fourth-order valence-corrected chi connectivity index (χ4v) is 7.62. The Labute approximate surface area is 325 Å². The molecule has 1 aliphatic heterocycles. The van der Waals surface area contributed by atoms with Gasteiger partial charge in [-0.2, -0.15) is 0 Å². The van der Waals surface area contributed by atoms with Gasteiger partial charge >= 0.3 is 0 Å². The number of nitrogens with one attached hydrogen (secondary N) is 1. The predicted molar refractivity (Wildman–Crippen MR) is 226 cm³/mol. The molecule has 54 heavy (non-hydrogen) atoms. The van der Waals surface area contributed by atoms with Crippen molar-refractivity contribution in [1.29, 1.82) is 0 Å². The topological polar surface area (TPSA) is 59.3 Å². The van der Waals surface area contributed by atoms with Gasteiger partial charge in [0.2, 0.25) is 0 Å². The van der Waals surface area contributed by atoms with Crippen LogP contribution >= 0.6 is 24.0 Å². The molecule has 3 heterocycles. The zero-order valence-electron chi connectivity index (χ0n) is 29.4. The molecule has 2 aromatic heterocycles. The van der Waals surface area contributed by atoms with Gasteiger partial charge in [-0.25, -0.2) is 0 Å². The van der Waals surface area contributed by atoms with Gasteiger partial charge in [-0.15, -0.1) is 12.4 Å². The Morgan fingerprint density at radius 3 is 1.39 bits per heavy atom. The molecule has 1 saturated heterocycles. The SMILES string of the molecule is Cl.O=Cc1c(Cl)n(-c2ccc(-c3ccccc3)cc2)c2ccccc12.O=Cc1c(N2CCNCC2)n(-c2ccc(-c3ccccc3)cc2)c2ccccc12. The second-order valence-corrected chi connectivity index (χ2v) is 13.3. The number of hydrogen-bond donors (Lipinski definition) is 1. The Morgan fingerprint density at radius 2 is 0.889 bits per heavy atom. The smallest absolute Gasteiger partial charge is 0.154 e. The molecule has 8 heteroatoms. The van der Waals surface area contributed by atoms with Gasteiger partial charge in [0.25, 0.3) is 0 Å². The van der Waals surface area contributed by atoms with Gasteiger partial charge in [-0.1, -0.05) is 133 Å². The summed E-state index contributed by atoms with van der Waals surface area (Å²) in [7, 11) is 0. The first-order chi connectivity index (χ1) is 26.2. The number of hydrogen-bond acceptors (Lipinski definition) is 4. The van der Waals surface area contributed by atoms with Gasteiger partial charge < -0.3 is 10.2 Å². The average molecular weight is 750 g/mol. The van der Waals surface area contributed by atoms with Crippen LogP contribution in [0.5, 0.6) is 0 Å². The van der Waals surface area contributed by atoms with E-state index in [2.05, 4.69) is 93.6 Å². The molecule has 1 N–H and O–H groups in total. The number of fused-ring (bicyclic) bond motifs is 2. The Kier molecular flexibility index (Phi) is 11.1. The maximum absolute atomic E-state index is 12.1. The summed E-state index contributed by atoms with van der Waals surface area (Å²) < 4.78 is 4.15. The molecule has 0 aliphatic carbocycles. The summed E-state index contributed by atoms with van der Waals surface area (Å²) in [5, 5.41) is 5.71. The van der Waals surface area contributed by atoms with Crippen molar-refractivity contribution >= 4 is 64.2 Å². The molecule has 0 unspecified atom stereocenters. The number of nitrogens with zero attached hydrogens (tertiary/aromatic N) is 3. The molecular weight excluding hydrogens is 711 g/mol. The number of carbonyl (C=O) groups excluding carboxylic acids is 2. The van der Waals surface area contributed by atoms with Crippen LogP contribution in [0.15, 0.2) is 158 Å². The first-order valence-corrected chi connectivity index (χ1v) is 18.1. The number of piperazine rings is 1. The van der Waals surface area contributed by atoms with E-state index in [1.165, 1.54) is 16.7 Å². The molecule has 9 rings (SSSR count). The Balaban J connectivity index is 0.000000166. The molecule has 0 radical (unpaired) electrons. The summed E-state index contributed by atoms with van der Waals surface area (Å²) in [5.74, 6) is 0.996. The lowest BCUT2D eigenvalue weighted by Gasteiger charge is -2.31. The third-order valence-electron chi connectivity index (χ3n) is 9.86. The third kappa shape index (κ3) is 6.95. The number of benzene rings is 6. The van der Waals surface area contributed by atoms with Crippen LogP contribution in [0.3, 0.4) is 0 Å². The van der Waals surface area contributed by atoms with Gasteiger partial charge in [-0.05, 0) is 58.7 Å². The van der Waals surface area contributed by atoms with E-state index in [0.29, 0.717) is 10.7 Å². The Morgan fingerprint density at radius 1 is 0.481 bits per heavy atom. The summed E-state index contributed by atoms with van der Waals surface area (Å²) in [6.07, 6.45) is 1.83. The van der Waals surface area contributed by atoms with Crippen molar-refractivity contribution in [2.75, 3.05) is 31.1 Å². The number of para-hydroxylation sites is 2. The molecule has 1 aliphatic rings. The van der Waals surface area contributed by atoms with E-state index >= 15 is 0 Å². The maximum Gasteiger partial charge on any atom is 0.154 e. The van der Waals surface area contributed by atoms with E-state index in [0.717, 1.165) is 88.9 Å². The van der Waals surface area contributed by atoms with Gasteiger partial charge in [0, 0.05) is 48.3 Å². The van der Waals surface area contributed by atoms with Crippen molar-refractivity contribution in [1.82, 2.24) is 14.5 Å². The number of aromatic nitrogens is 2. The van der Waals surface area contributed by atoms with Crippen molar-refractivity contribution in [3.05, 3.63) is 174 Å². The first-order valence-electron chi connectivity index (χ1n) is 17.8. The minimum absolute atomic E-state index is 0. The highest BCUT2D eigenvalue weighted by Crippen LogP contribution is 2.36. The first kappa shape index (κ1) is 36.4. The van der Waals surface area contributed by atoms with Crippen LogP contribution in [0, 0.1) is 0 Å². The molecule has 1 fully saturated rings. The molecule has 0 bridgehead atoms. The monoisotopic (exact) mass is 748 g/mol. The van der Waals surface area contributed by atoms with Gasteiger partial charge in [-0.3, -0.25) is 18.7 Å². The van der Waals surface area contributed by atoms with Crippen LogP contribution in [0.1, 0.15) is 20.7 Å². The lowest BCUT2D eigenvalue weighted by Crippen LogP contribution is -2.44. The van der Waals surface area contributed by atoms with Crippen LogP contribution in [0.4, 0.5) is 5.82 Å². The minimum atomic E-state index is 0. The van der Waals surface area contributed by atoms with Gasteiger partial charge in [0.15, 0.2) is 12.6 Å². The second kappa shape index (κ2) is 16.4. The van der Waals surface area contributed by atoms with Crippen LogP contribution in [0.2, 0.25) is 5.15 Å². The fourth-order valence-electron chi connectivity index (χ4n) is 7.28. The number of anilines is 1. The van der Waals surface area contributed by atoms with Crippen LogP contribution < -0.4 is 10.2 Å². The van der Waals surface area contributed by atoms with Crippen LogP contribution in [-0.2, 0) is 0 Å².